The molecule has 5 nitrogen and oxygen atoms in total. The van der Waals surface area contributed by atoms with E-state index in [2.05, 4.69) is 109 Å². The van der Waals surface area contributed by atoms with Gasteiger partial charge in [0.1, 0.15) is 5.52 Å². The lowest BCUT2D eigenvalue weighted by Crippen LogP contribution is -2.20. The van der Waals surface area contributed by atoms with Crippen LogP contribution in [0.2, 0.25) is 0 Å². The van der Waals surface area contributed by atoms with E-state index in [1.54, 1.807) is 0 Å². The molecule has 208 valence electrons. The Morgan fingerprint density at radius 2 is 1.28 bits per heavy atom. The van der Waals surface area contributed by atoms with E-state index in [0.717, 1.165) is 69.0 Å². The number of para-hydroxylation sites is 5. The summed E-state index contributed by atoms with van der Waals surface area (Å²) in [5, 5.41) is 0. The van der Waals surface area contributed by atoms with Gasteiger partial charge in [-0.05, 0) is 91.2 Å². The lowest BCUT2D eigenvalue weighted by Gasteiger charge is -2.26. The summed E-state index contributed by atoms with van der Waals surface area (Å²) in [4.78, 5) is 17.3. The Hall–Kier alpha value is -5.29. The Bertz CT molecular complexity index is 2080. The van der Waals surface area contributed by atoms with Crippen molar-refractivity contribution in [3.05, 3.63) is 133 Å². The number of anilines is 3. The van der Waals surface area contributed by atoms with E-state index in [-0.39, 0.29) is 5.41 Å². The summed E-state index contributed by atoms with van der Waals surface area (Å²) < 4.78 is 6.03. The average molecular weight is 559 g/mol. The van der Waals surface area contributed by atoms with Gasteiger partial charge in [0.2, 0.25) is 5.89 Å². The molecule has 2 aromatic heterocycles. The quantitative estimate of drug-likeness (QED) is 0.215. The third kappa shape index (κ3) is 4.45. The number of aryl methyl sites for hydroxylation is 1. The molecule has 0 aliphatic heterocycles. The maximum absolute atomic E-state index is 6.03. The van der Waals surface area contributed by atoms with Crippen molar-refractivity contribution in [1.29, 1.82) is 0 Å². The first-order valence-electron chi connectivity index (χ1n) is 14.8. The number of benzene rings is 5. The normalized spacial score (nSPS) is 13.8. The molecule has 1 aliphatic carbocycles. The predicted octanol–water partition coefficient (Wildman–Crippen LogP) is 9.80. The SMILES string of the molecule is CC1(C)CCc2cc(N(c3ccccc3)c3ccc(-c4nc5ccccc5o4)cc3)ccc2-c2nc3ccccc3nc21. The van der Waals surface area contributed by atoms with Crippen LogP contribution in [0.15, 0.2) is 126 Å². The number of hydrogen-bond acceptors (Lipinski definition) is 5. The molecule has 0 unspecified atom stereocenters. The van der Waals surface area contributed by atoms with Crippen molar-refractivity contribution in [2.45, 2.75) is 32.1 Å². The highest BCUT2D eigenvalue weighted by molar-refractivity contribution is 5.84. The monoisotopic (exact) mass is 558 g/mol. The lowest BCUT2D eigenvalue weighted by atomic mass is 9.84. The highest BCUT2D eigenvalue weighted by atomic mass is 16.3. The van der Waals surface area contributed by atoms with Crippen LogP contribution in [0, 0.1) is 0 Å². The van der Waals surface area contributed by atoms with E-state index in [9.17, 15) is 0 Å². The molecule has 5 heteroatoms. The van der Waals surface area contributed by atoms with Crippen LogP contribution in [0.4, 0.5) is 17.1 Å². The fourth-order valence-corrected chi connectivity index (χ4v) is 6.16. The molecular weight excluding hydrogens is 528 g/mol. The molecule has 0 fully saturated rings. The maximum Gasteiger partial charge on any atom is 0.227 e. The molecule has 0 amide bonds. The Morgan fingerprint density at radius 3 is 2.05 bits per heavy atom. The van der Waals surface area contributed by atoms with E-state index in [0.29, 0.717) is 5.89 Å². The number of fused-ring (bicyclic) bond motifs is 5. The van der Waals surface area contributed by atoms with Gasteiger partial charge in [0, 0.05) is 33.6 Å². The summed E-state index contributed by atoms with van der Waals surface area (Å²) in [6.07, 6.45) is 1.94. The third-order valence-electron chi connectivity index (χ3n) is 8.51. The van der Waals surface area contributed by atoms with Gasteiger partial charge in [-0.15, -0.1) is 0 Å². The zero-order valence-electron chi connectivity index (χ0n) is 24.2. The molecule has 8 rings (SSSR count). The molecule has 7 aromatic rings. The van der Waals surface area contributed by atoms with Crippen molar-refractivity contribution < 1.29 is 4.42 Å². The van der Waals surface area contributed by atoms with Crippen LogP contribution in [0.3, 0.4) is 0 Å². The van der Waals surface area contributed by atoms with E-state index in [1.165, 1.54) is 11.1 Å². The topological polar surface area (TPSA) is 55.1 Å². The van der Waals surface area contributed by atoms with Crippen molar-refractivity contribution >= 4 is 39.2 Å². The molecule has 0 spiro atoms. The van der Waals surface area contributed by atoms with Crippen LogP contribution >= 0.6 is 0 Å². The zero-order chi connectivity index (χ0) is 29.0. The molecule has 43 heavy (non-hydrogen) atoms. The molecule has 0 bridgehead atoms. The Morgan fingerprint density at radius 1 is 0.628 bits per heavy atom. The second-order valence-electron chi connectivity index (χ2n) is 11.8. The van der Waals surface area contributed by atoms with Crippen LogP contribution in [0.25, 0.3) is 44.8 Å². The standard InChI is InChI=1S/C38H30N4O/c1-38(2)23-22-26-24-29(20-21-30(26)35-36(38)40-32-13-7-6-12-31(32)39-35)42(27-10-4-3-5-11-27)28-18-16-25(17-19-28)37-41-33-14-8-9-15-34(33)43-37/h3-21,24H,22-23H2,1-2H3. The van der Waals surface area contributed by atoms with Gasteiger partial charge in [-0.1, -0.05) is 62.4 Å². The van der Waals surface area contributed by atoms with Crippen LogP contribution < -0.4 is 4.90 Å². The second kappa shape index (κ2) is 9.92. The van der Waals surface area contributed by atoms with Crippen LogP contribution in [-0.4, -0.2) is 15.0 Å². The molecule has 0 saturated carbocycles. The number of aromatic nitrogens is 3. The number of rotatable bonds is 4. The Kier molecular flexibility index (Phi) is 5.86. The van der Waals surface area contributed by atoms with E-state index in [4.69, 9.17) is 14.4 Å². The van der Waals surface area contributed by atoms with Gasteiger partial charge in [-0.25, -0.2) is 15.0 Å². The molecule has 0 saturated heterocycles. The third-order valence-corrected chi connectivity index (χ3v) is 8.51. The molecule has 0 N–H and O–H groups in total. The summed E-state index contributed by atoms with van der Waals surface area (Å²) in [6, 6.07) is 41.8. The summed E-state index contributed by atoms with van der Waals surface area (Å²) in [5.41, 5.74) is 12.2. The van der Waals surface area contributed by atoms with Gasteiger partial charge in [0.05, 0.1) is 22.4 Å². The zero-order valence-corrected chi connectivity index (χ0v) is 24.2. The molecule has 2 heterocycles. The second-order valence-corrected chi connectivity index (χ2v) is 11.8. The summed E-state index contributed by atoms with van der Waals surface area (Å²) in [5.74, 6) is 0.624. The van der Waals surface area contributed by atoms with E-state index in [1.807, 2.05) is 36.4 Å². The van der Waals surface area contributed by atoms with Gasteiger partial charge in [0.25, 0.3) is 0 Å². The Balaban J connectivity index is 1.23. The molecule has 1 aliphatic rings. The predicted molar refractivity (Wildman–Crippen MR) is 174 cm³/mol. The van der Waals surface area contributed by atoms with Gasteiger partial charge in [0.15, 0.2) is 5.58 Å². The lowest BCUT2D eigenvalue weighted by molar-refractivity contribution is 0.472. The first-order valence-corrected chi connectivity index (χ1v) is 14.8. The van der Waals surface area contributed by atoms with Gasteiger partial charge >= 0.3 is 0 Å². The fraction of sp³-hybridized carbons (Fsp3) is 0.132. The minimum atomic E-state index is -0.0921. The van der Waals surface area contributed by atoms with Crippen LogP contribution in [-0.2, 0) is 11.8 Å². The first-order chi connectivity index (χ1) is 21.0. The fourth-order valence-electron chi connectivity index (χ4n) is 6.16. The number of nitrogens with zero attached hydrogens (tertiary/aromatic N) is 4. The van der Waals surface area contributed by atoms with Crippen molar-refractivity contribution in [2.24, 2.45) is 0 Å². The van der Waals surface area contributed by atoms with E-state index >= 15 is 0 Å². The van der Waals surface area contributed by atoms with Crippen molar-refractivity contribution in [3.8, 4) is 22.7 Å². The van der Waals surface area contributed by atoms with Gasteiger partial charge < -0.3 is 9.32 Å². The van der Waals surface area contributed by atoms with Crippen molar-refractivity contribution in [3.63, 3.8) is 0 Å². The molecule has 5 aromatic carbocycles. The summed E-state index contributed by atoms with van der Waals surface area (Å²) >= 11 is 0. The minimum absolute atomic E-state index is 0.0921. The molecule has 0 atom stereocenters. The van der Waals surface area contributed by atoms with E-state index < -0.39 is 0 Å². The average Bonchev–Trinajstić information content (AvgIpc) is 3.45. The molecular formula is C38H30N4O. The van der Waals surface area contributed by atoms with Gasteiger partial charge in [-0.3, -0.25) is 0 Å². The number of hydrogen-bond donors (Lipinski definition) is 0. The highest BCUT2D eigenvalue weighted by Crippen LogP contribution is 2.43. The smallest absolute Gasteiger partial charge is 0.227 e. The van der Waals surface area contributed by atoms with Crippen LogP contribution in [0.1, 0.15) is 31.5 Å². The van der Waals surface area contributed by atoms with Crippen molar-refractivity contribution in [1.82, 2.24) is 15.0 Å². The summed E-state index contributed by atoms with van der Waals surface area (Å²) in [6.45, 7) is 4.58. The molecule has 0 radical (unpaired) electrons. The first kappa shape index (κ1) is 25.4. The van der Waals surface area contributed by atoms with Gasteiger partial charge in [-0.2, -0.15) is 0 Å². The highest BCUT2D eigenvalue weighted by Gasteiger charge is 2.32. The largest absolute Gasteiger partial charge is 0.436 e. The minimum Gasteiger partial charge on any atom is -0.436 e. The van der Waals surface area contributed by atoms with Crippen molar-refractivity contribution in [2.75, 3.05) is 4.90 Å². The maximum atomic E-state index is 6.03. The summed E-state index contributed by atoms with van der Waals surface area (Å²) in [7, 11) is 0. The number of oxazole rings is 1. The van der Waals surface area contributed by atoms with Crippen LogP contribution in [0.5, 0.6) is 0 Å². The Labute approximate surface area is 250 Å².